The fourth-order valence-electron chi connectivity index (χ4n) is 1.90. The van der Waals surface area contributed by atoms with E-state index in [1.807, 2.05) is 0 Å². The lowest BCUT2D eigenvalue weighted by Crippen LogP contribution is -2.51. The molecule has 0 bridgehead atoms. The van der Waals surface area contributed by atoms with E-state index in [9.17, 15) is 19.2 Å². The highest BCUT2D eigenvalue weighted by Gasteiger charge is 2.59. The van der Waals surface area contributed by atoms with Gasteiger partial charge < -0.3 is 18.9 Å². The van der Waals surface area contributed by atoms with Crippen LogP contribution in [0.25, 0.3) is 0 Å². The van der Waals surface area contributed by atoms with Crippen LogP contribution in [0.15, 0.2) is 0 Å². The maximum atomic E-state index is 12.6. The molecular weight excluding hydrogens is 344 g/mol. The monoisotopic (exact) mass is 374 g/mol. The molecule has 0 aliphatic carbocycles. The summed E-state index contributed by atoms with van der Waals surface area (Å²) in [6.07, 6.45) is 1.18. The molecule has 0 heterocycles. The Bertz CT molecular complexity index is 422. The van der Waals surface area contributed by atoms with Gasteiger partial charge in [0.2, 0.25) is 0 Å². The van der Waals surface area contributed by atoms with Gasteiger partial charge in [0.1, 0.15) is 0 Å². The summed E-state index contributed by atoms with van der Waals surface area (Å²) in [6.45, 7) is 7.15. The maximum absolute atomic E-state index is 12.6. The Morgan fingerprint density at radius 1 is 0.577 bits per heavy atom. The summed E-state index contributed by atoms with van der Waals surface area (Å²) in [5.74, 6) is -4.35. The van der Waals surface area contributed by atoms with E-state index in [1.54, 1.807) is 27.7 Å². The first-order valence-corrected chi connectivity index (χ1v) is 9.07. The lowest BCUT2D eigenvalue weighted by Gasteiger charge is -2.26. The van der Waals surface area contributed by atoms with Crippen LogP contribution in [0.4, 0.5) is 0 Å². The van der Waals surface area contributed by atoms with Crippen molar-refractivity contribution in [2.24, 2.45) is 5.41 Å². The number of esters is 4. The van der Waals surface area contributed by atoms with Crippen LogP contribution >= 0.6 is 0 Å². The van der Waals surface area contributed by atoms with Crippen LogP contribution in [-0.2, 0) is 38.1 Å². The molecule has 0 atom stereocenters. The number of carbonyl (C=O) groups excluding carboxylic acids is 4. The normalized spacial score (nSPS) is 10.8. The first kappa shape index (κ1) is 23.9. The standard InChI is InChI=1S/C18H30O8/c1-5-9-23-14(19)13-18(15(20)24-10-6-2,16(21)25-11-7-3)17(22)26-12-8-4/h5-13H2,1-4H3. The zero-order valence-corrected chi connectivity index (χ0v) is 16.1. The smallest absolute Gasteiger partial charge is 0.335 e. The Morgan fingerprint density at radius 2 is 0.885 bits per heavy atom. The number of hydrogen-bond donors (Lipinski definition) is 0. The van der Waals surface area contributed by atoms with Gasteiger partial charge in [-0.1, -0.05) is 27.7 Å². The van der Waals surface area contributed by atoms with Crippen molar-refractivity contribution in [2.45, 2.75) is 59.8 Å². The van der Waals surface area contributed by atoms with Gasteiger partial charge in [0.25, 0.3) is 5.41 Å². The summed E-state index contributed by atoms with van der Waals surface area (Å²) in [6, 6.07) is 0. The van der Waals surface area contributed by atoms with Crippen molar-refractivity contribution in [3.8, 4) is 0 Å². The SMILES string of the molecule is CCCOC(=O)CC(C(=O)OCCC)(C(=O)OCCC)C(=O)OCCC. The number of ether oxygens (including phenoxy) is 4. The van der Waals surface area contributed by atoms with Crippen LogP contribution in [0.3, 0.4) is 0 Å². The van der Waals surface area contributed by atoms with Crippen molar-refractivity contribution in [2.75, 3.05) is 26.4 Å². The first-order chi connectivity index (χ1) is 12.4. The third-order valence-corrected chi connectivity index (χ3v) is 3.23. The van der Waals surface area contributed by atoms with E-state index in [-0.39, 0.29) is 26.4 Å². The molecule has 0 aromatic heterocycles. The molecule has 0 saturated heterocycles. The minimum absolute atomic E-state index is 0.00724. The Morgan fingerprint density at radius 3 is 1.19 bits per heavy atom. The summed E-state index contributed by atoms with van der Waals surface area (Å²) in [7, 11) is 0. The fraction of sp³-hybridized carbons (Fsp3) is 0.778. The fourth-order valence-corrected chi connectivity index (χ4v) is 1.90. The van der Waals surface area contributed by atoms with Crippen LogP contribution in [0.5, 0.6) is 0 Å². The third kappa shape index (κ3) is 7.01. The van der Waals surface area contributed by atoms with E-state index in [4.69, 9.17) is 18.9 Å². The highest BCUT2D eigenvalue weighted by molar-refractivity contribution is 6.19. The van der Waals surface area contributed by atoms with Crippen LogP contribution in [-0.4, -0.2) is 50.3 Å². The zero-order valence-electron chi connectivity index (χ0n) is 16.1. The highest BCUT2D eigenvalue weighted by atomic mass is 16.6. The Balaban J connectivity index is 5.79. The second-order valence-corrected chi connectivity index (χ2v) is 5.71. The molecule has 0 amide bonds. The van der Waals surface area contributed by atoms with Crippen LogP contribution in [0.2, 0.25) is 0 Å². The van der Waals surface area contributed by atoms with Gasteiger partial charge in [0, 0.05) is 0 Å². The van der Waals surface area contributed by atoms with Gasteiger partial charge in [-0.3, -0.25) is 19.2 Å². The van der Waals surface area contributed by atoms with Gasteiger partial charge in [0.05, 0.1) is 32.8 Å². The lowest BCUT2D eigenvalue weighted by atomic mass is 9.84. The number of carbonyl (C=O) groups is 4. The number of hydrogen-bond acceptors (Lipinski definition) is 8. The van der Waals surface area contributed by atoms with Gasteiger partial charge in [-0.2, -0.15) is 0 Å². The summed E-state index contributed by atoms with van der Waals surface area (Å²) >= 11 is 0. The predicted octanol–water partition coefficient (Wildman–Crippen LogP) is 2.18. The summed E-state index contributed by atoms with van der Waals surface area (Å²) in [5.41, 5.74) is -2.51. The third-order valence-electron chi connectivity index (χ3n) is 3.23. The minimum atomic E-state index is -2.51. The summed E-state index contributed by atoms with van der Waals surface area (Å²) in [5, 5.41) is 0. The average Bonchev–Trinajstić information content (AvgIpc) is 2.64. The summed E-state index contributed by atoms with van der Waals surface area (Å²) in [4.78, 5) is 49.9. The maximum Gasteiger partial charge on any atom is 0.335 e. The Hall–Kier alpha value is -2.12. The topological polar surface area (TPSA) is 105 Å². The number of rotatable bonds is 13. The molecule has 0 aliphatic heterocycles. The molecule has 0 N–H and O–H groups in total. The second-order valence-electron chi connectivity index (χ2n) is 5.71. The van der Waals surface area contributed by atoms with Gasteiger partial charge in [0.15, 0.2) is 0 Å². The van der Waals surface area contributed by atoms with Gasteiger partial charge in [-0.05, 0) is 25.7 Å². The molecule has 0 aliphatic rings. The summed E-state index contributed by atoms with van der Waals surface area (Å²) < 4.78 is 20.0. The van der Waals surface area contributed by atoms with Crippen LogP contribution in [0.1, 0.15) is 59.8 Å². The molecule has 150 valence electrons. The Kier molecular flexibility index (Phi) is 12.1. The molecule has 0 rings (SSSR count). The van der Waals surface area contributed by atoms with Crippen molar-refractivity contribution in [3.63, 3.8) is 0 Å². The van der Waals surface area contributed by atoms with Crippen molar-refractivity contribution in [1.82, 2.24) is 0 Å². The molecule has 0 spiro atoms. The molecule has 0 aromatic rings. The van der Waals surface area contributed by atoms with E-state index in [0.29, 0.717) is 25.7 Å². The lowest BCUT2D eigenvalue weighted by molar-refractivity contribution is -0.188. The van der Waals surface area contributed by atoms with E-state index in [2.05, 4.69) is 0 Å². The van der Waals surface area contributed by atoms with E-state index in [0.717, 1.165) is 0 Å². The van der Waals surface area contributed by atoms with Gasteiger partial charge in [-0.15, -0.1) is 0 Å². The van der Waals surface area contributed by atoms with Crippen LogP contribution in [0, 0.1) is 5.41 Å². The van der Waals surface area contributed by atoms with Gasteiger partial charge in [-0.25, -0.2) is 0 Å². The van der Waals surface area contributed by atoms with E-state index < -0.39 is 35.7 Å². The predicted molar refractivity (Wildman–Crippen MR) is 92.1 cm³/mol. The average molecular weight is 374 g/mol. The molecular formula is C18H30O8. The van der Waals surface area contributed by atoms with Crippen molar-refractivity contribution in [3.05, 3.63) is 0 Å². The van der Waals surface area contributed by atoms with Crippen LogP contribution < -0.4 is 0 Å². The van der Waals surface area contributed by atoms with Crippen molar-refractivity contribution < 1.29 is 38.1 Å². The molecule has 8 heteroatoms. The van der Waals surface area contributed by atoms with Crippen molar-refractivity contribution in [1.29, 1.82) is 0 Å². The molecule has 8 nitrogen and oxygen atoms in total. The zero-order chi connectivity index (χ0) is 20.0. The molecule has 26 heavy (non-hydrogen) atoms. The molecule has 0 fully saturated rings. The minimum Gasteiger partial charge on any atom is -0.466 e. The molecule has 0 aromatic carbocycles. The Labute approximate surface area is 154 Å². The van der Waals surface area contributed by atoms with Gasteiger partial charge >= 0.3 is 23.9 Å². The molecule has 0 radical (unpaired) electrons. The quantitative estimate of drug-likeness (QED) is 0.274. The molecule has 0 saturated carbocycles. The highest BCUT2D eigenvalue weighted by Crippen LogP contribution is 2.30. The largest absolute Gasteiger partial charge is 0.466 e. The van der Waals surface area contributed by atoms with Crippen molar-refractivity contribution >= 4 is 23.9 Å². The molecule has 0 unspecified atom stereocenters. The first-order valence-electron chi connectivity index (χ1n) is 9.07. The van der Waals surface area contributed by atoms with E-state index >= 15 is 0 Å². The van der Waals surface area contributed by atoms with E-state index in [1.165, 1.54) is 0 Å². The second kappa shape index (κ2) is 13.1.